The van der Waals surface area contributed by atoms with E-state index >= 15 is 0 Å². The fraction of sp³-hybridized carbons (Fsp3) is 0.750. The first-order valence-electron chi connectivity index (χ1n) is 1.95. The minimum atomic E-state index is 0.676. The second-order valence-corrected chi connectivity index (χ2v) is 1.71. The summed E-state index contributed by atoms with van der Waals surface area (Å²) in [5.41, 5.74) is 0. The van der Waals surface area contributed by atoms with Crippen LogP contribution in [0.1, 0.15) is 6.42 Å². The van der Waals surface area contributed by atoms with Crippen LogP contribution in [0.25, 0.3) is 0 Å². The summed E-state index contributed by atoms with van der Waals surface area (Å²) in [5, 5.41) is 0. The Morgan fingerprint density at radius 3 is 2.60 bits per heavy atom. The van der Waals surface area contributed by atoms with Gasteiger partial charge in [0.25, 0.3) is 0 Å². The van der Waals surface area contributed by atoms with Crippen LogP contribution < -0.4 is 0 Å². The maximum atomic E-state index is 4.88. The summed E-state index contributed by atoms with van der Waals surface area (Å²) in [6.07, 6.45) is 1.98. The minimum absolute atomic E-state index is 0.676. The molecule has 27 valence electrons. The van der Waals surface area contributed by atoms with Gasteiger partial charge in [-0.15, -0.1) is 0 Å². The molecule has 1 heterocycles. The third-order valence-corrected chi connectivity index (χ3v) is 1.21. The van der Waals surface area contributed by atoms with Crippen molar-refractivity contribution in [2.45, 2.75) is 12.5 Å². The Morgan fingerprint density at radius 1 is 1.80 bits per heavy atom. The van der Waals surface area contributed by atoms with Gasteiger partial charge in [-0.1, -0.05) is 0 Å². The fourth-order valence-electron chi connectivity index (χ4n) is 0.602. The summed E-state index contributed by atoms with van der Waals surface area (Å²) in [7, 11) is 0. The number of hydrogen-bond donors (Lipinski definition) is 0. The molecule has 2 aliphatic rings. The highest BCUT2D eigenvalue weighted by Gasteiger charge is 2.47. The quantitative estimate of drug-likeness (QED) is 0.404. The van der Waals surface area contributed by atoms with Gasteiger partial charge in [-0.2, -0.15) is 0 Å². The van der Waals surface area contributed by atoms with Crippen LogP contribution in [0.4, 0.5) is 0 Å². The summed E-state index contributed by atoms with van der Waals surface area (Å²) >= 11 is 0. The van der Waals surface area contributed by atoms with Gasteiger partial charge in [0.2, 0.25) is 0 Å². The lowest BCUT2D eigenvalue weighted by molar-refractivity contribution is 0.0895. The third kappa shape index (κ3) is 0.127. The molecule has 2 atom stereocenters. The maximum absolute atomic E-state index is 4.88. The molecule has 5 heavy (non-hydrogen) atoms. The van der Waals surface area contributed by atoms with Crippen LogP contribution in [0.15, 0.2) is 0 Å². The second kappa shape index (κ2) is 0.432. The zero-order chi connectivity index (χ0) is 3.28. The van der Waals surface area contributed by atoms with Crippen molar-refractivity contribution in [3.63, 3.8) is 0 Å². The number of fused-ring (bicyclic) bond motifs is 1. The van der Waals surface area contributed by atoms with Gasteiger partial charge in [-0.3, -0.25) is 0 Å². The monoisotopic (exact) mass is 69.0 g/mol. The zero-order valence-corrected chi connectivity index (χ0v) is 2.85. The van der Waals surface area contributed by atoms with Gasteiger partial charge in [0, 0.05) is 5.92 Å². The van der Waals surface area contributed by atoms with E-state index in [1.54, 1.807) is 0 Å². The van der Waals surface area contributed by atoms with Crippen molar-refractivity contribution in [1.29, 1.82) is 0 Å². The third-order valence-electron chi connectivity index (χ3n) is 1.21. The van der Waals surface area contributed by atoms with E-state index in [0.717, 1.165) is 5.92 Å². The molecule has 1 nitrogen and oxygen atoms in total. The van der Waals surface area contributed by atoms with Gasteiger partial charge in [0.15, 0.2) is 0 Å². The molecule has 0 spiro atoms. The fourth-order valence-corrected chi connectivity index (χ4v) is 0.602. The van der Waals surface area contributed by atoms with Gasteiger partial charge < -0.3 is 4.74 Å². The maximum Gasteiger partial charge on any atom is 0.0898 e. The molecule has 0 aromatic heterocycles. The summed E-state index contributed by atoms with van der Waals surface area (Å²) < 4.78 is 4.88. The van der Waals surface area contributed by atoms with Crippen LogP contribution >= 0.6 is 0 Å². The normalized spacial score (nSPS) is 57.6. The average molecular weight is 69.1 g/mol. The first-order valence-corrected chi connectivity index (χ1v) is 1.95. The van der Waals surface area contributed by atoms with Gasteiger partial charge in [-0.25, -0.2) is 0 Å². The highest BCUT2D eigenvalue weighted by Crippen LogP contribution is 2.46. The van der Waals surface area contributed by atoms with Crippen molar-refractivity contribution in [1.82, 2.24) is 0 Å². The molecular formula is C4H5O. The predicted octanol–water partition coefficient (Wildman–Crippen LogP) is 0.567. The van der Waals surface area contributed by atoms with Gasteiger partial charge in [-0.05, 0) is 6.42 Å². The van der Waals surface area contributed by atoms with E-state index in [-0.39, 0.29) is 0 Å². The topological polar surface area (TPSA) is 9.23 Å². The molecule has 0 N–H and O–H groups in total. The van der Waals surface area contributed by atoms with Crippen LogP contribution in [-0.2, 0) is 4.74 Å². The molecule has 0 bridgehead atoms. The highest BCUT2D eigenvalue weighted by molar-refractivity contribution is 5.02. The molecule has 2 fully saturated rings. The molecule has 1 aliphatic carbocycles. The van der Waals surface area contributed by atoms with Gasteiger partial charge >= 0.3 is 0 Å². The molecule has 1 heteroatoms. The Kier molecular flexibility index (Phi) is 0.189. The minimum Gasteiger partial charge on any atom is -0.371 e. The number of hydrogen-bond acceptors (Lipinski definition) is 1. The lowest BCUT2D eigenvalue weighted by atomic mass is 10.4. The van der Waals surface area contributed by atoms with Crippen molar-refractivity contribution in [3.05, 3.63) is 6.61 Å². The van der Waals surface area contributed by atoms with Crippen LogP contribution in [0, 0.1) is 12.5 Å². The van der Waals surface area contributed by atoms with Crippen molar-refractivity contribution in [2.24, 2.45) is 5.92 Å². The molecule has 0 aromatic rings. The van der Waals surface area contributed by atoms with E-state index in [9.17, 15) is 0 Å². The first-order chi connectivity index (χ1) is 2.47. The number of ether oxygens (including phenoxy) is 1. The molecule has 1 radical (unpaired) electrons. The summed E-state index contributed by atoms with van der Waals surface area (Å²) in [6.45, 7) is 1.92. The van der Waals surface area contributed by atoms with E-state index in [2.05, 4.69) is 0 Å². The van der Waals surface area contributed by atoms with Crippen molar-refractivity contribution >= 4 is 0 Å². The Balaban J connectivity index is 2.19. The van der Waals surface area contributed by atoms with E-state index < -0.39 is 0 Å². The Hall–Kier alpha value is -0.0400. The molecule has 1 aliphatic heterocycles. The lowest BCUT2D eigenvalue weighted by Crippen LogP contribution is -2.05. The van der Waals surface area contributed by atoms with Crippen LogP contribution in [0.2, 0.25) is 0 Å². The summed E-state index contributed by atoms with van der Waals surface area (Å²) in [4.78, 5) is 0. The second-order valence-electron chi connectivity index (χ2n) is 1.71. The molecule has 1 saturated heterocycles. The van der Waals surface area contributed by atoms with E-state index in [1.165, 1.54) is 6.42 Å². The van der Waals surface area contributed by atoms with Crippen LogP contribution in [-0.4, -0.2) is 6.10 Å². The predicted molar refractivity (Wildman–Crippen MR) is 17.3 cm³/mol. The van der Waals surface area contributed by atoms with Gasteiger partial charge in [0.1, 0.15) is 0 Å². The van der Waals surface area contributed by atoms with E-state index in [0.29, 0.717) is 6.10 Å². The molecule has 1 saturated carbocycles. The summed E-state index contributed by atoms with van der Waals surface area (Å²) in [6, 6.07) is 0. The molecule has 0 aromatic carbocycles. The number of rotatable bonds is 0. The van der Waals surface area contributed by atoms with Crippen molar-refractivity contribution < 1.29 is 4.74 Å². The standard InChI is InChI=1S/C4H5O/c1-3-2-5-4(1)3/h2-4H,1H2. The molecule has 2 unspecified atom stereocenters. The molecular weight excluding hydrogens is 64.0 g/mol. The van der Waals surface area contributed by atoms with Crippen LogP contribution in [0.3, 0.4) is 0 Å². The van der Waals surface area contributed by atoms with E-state index in [4.69, 9.17) is 4.74 Å². The van der Waals surface area contributed by atoms with Gasteiger partial charge in [0.05, 0.1) is 12.7 Å². The van der Waals surface area contributed by atoms with Crippen LogP contribution in [0.5, 0.6) is 0 Å². The molecule has 2 rings (SSSR count). The largest absolute Gasteiger partial charge is 0.371 e. The van der Waals surface area contributed by atoms with Crippen molar-refractivity contribution in [2.75, 3.05) is 0 Å². The lowest BCUT2D eigenvalue weighted by Gasteiger charge is -2.06. The summed E-state index contributed by atoms with van der Waals surface area (Å²) in [5.74, 6) is 0.884. The van der Waals surface area contributed by atoms with E-state index in [1.807, 2.05) is 6.61 Å². The van der Waals surface area contributed by atoms with Crippen molar-refractivity contribution in [3.8, 4) is 0 Å². The Morgan fingerprint density at radius 2 is 2.60 bits per heavy atom. The average Bonchev–Trinajstić information content (AvgIpc) is 1.74. The SMILES string of the molecule is [CH]1OC2CC12. The Bertz CT molecular complexity index is 48.7. The molecule has 0 amide bonds. The Labute approximate surface area is 30.9 Å². The zero-order valence-electron chi connectivity index (χ0n) is 2.85. The smallest absolute Gasteiger partial charge is 0.0898 e. The first kappa shape index (κ1) is 2.19. The highest BCUT2D eigenvalue weighted by atomic mass is 16.5.